The van der Waals surface area contributed by atoms with Crippen LogP contribution in [0.4, 0.5) is 0 Å². The van der Waals surface area contributed by atoms with Crippen molar-refractivity contribution in [2.45, 2.75) is 5.88 Å². The molecular weight excluding hydrogens is 394 g/mol. The first-order chi connectivity index (χ1) is 7.20. The Morgan fingerprint density at radius 2 is 2.27 bits per heavy atom. The van der Waals surface area contributed by atoms with Crippen molar-refractivity contribution in [1.29, 1.82) is 0 Å². The Bertz CT molecular complexity index is 489. The lowest BCUT2D eigenvalue weighted by atomic mass is 10.2. The van der Waals surface area contributed by atoms with Crippen LogP contribution >= 0.6 is 50.1 Å². The molecule has 0 spiro atoms. The highest BCUT2D eigenvalue weighted by molar-refractivity contribution is 14.1. The van der Waals surface area contributed by atoms with Crippen LogP contribution in [0, 0.1) is 3.57 Å². The van der Waals surface area contributed by atoms with Gasteiger partial charge in [-0.25, -0.2) is 0 Å². The lowest BCUT2D eigenvalue weighted by Gasteiger charge is -1.98. The van der Waals surface area contributed by atoms with Crippen molar-refractivity contribution in [3.8, 4) is 11.5 Å². The molecule has 6 heteroatoms. The Kier molecular flexibility index (Phi) is 3.63. The van der Waals surface area contributed by atoms with E-state index < -0.39 is 0 Å². The quantitative estimate of drug-likeness (QED) is 0.569. The number of hydrogen-bond donors (Lipinski definition) is 0. The van der Waals surface area contributed by atoms with Gasteiger partial charge in [0, 0.05) is 8.04 Å². The van der Waals surface area contributed by atoms with E-state index in [2.05, 4.69) is 48.7 Å². The van der Waals surface area contributed by atoms with Crippen LogP contribution in [0.1, 0.15) is 5.82 Å². The Morgan fingerprint density at radius 1 is 1.47 bits per heavy atom. The van der Waals surface area contributed by atoms with Crippen molar-refractivity contribution >= 4 is 50.1 Å². The lowest BCUT2D eigenvalue weighted by molar-refractivity contribution is 0.425. The van der Waals surface area contributed by atoms with Crippen LogP contribution < -0.4 is 0 Å². The molecule has 0 saturated heterocycles. The molecule has 0 radical (unpaired) electrons. The molecule has 1 heterocycles. The molecule has 0 N–H and O–H groups in total. The van der Waals surface area contributed by atoms with Crippen LogP contribution in [0.5, 0.6) is 0 Å². The smallest absolute Gasteiger partial charge is 0.259 e. The summed E-state index contributed by atoms with van der Waals surface area (Å²) in [5.74, 6) is 1.26. The summed E-state index contributed by atoms with van der Waals surface area (Å²) in [7, 11) is 0. The highest BCUT2D eigenvalue weighted by Gasteiger charge is 2.11. The molecule has 0 bridgehead atoms. The Balaban J connectivity index is 2.48. The van der Waals surface area contributed by atoms with E-state index in [0.717, 1.165) is 13.6 Å². The summed E-state index contributed by atoms with van der Waals surface area (Å²) < 4.78 is 7.14. The van der Waals surface area contributed by atoms with Gasteiger partial charge >= 0.3 is 0 Å². The first-order valence-electron chi connectivity index (χ1n) is 4.04. The minimum atomic E-state index is 0.258. The fraction of sp³-hybridized carbons (Fsp3) is 0.111. The zero-order chi connectivity index (χ0) is 10.8. The summed E-state index contributed by atoms with van der Waals surface area (Å²) in [6, 6.07) is 5.88. The average molecular weight is 399 g/mol. The molecule has 1 aromatic carbocycles. The van der Waals surface area contributed by atoms with E-state index in [4.69, 9.17) is 16.1 Å². The number of hydrogen-bond acceptors (Lipinski definition) is 3. The fourth-order valence-corrected chi connectivity index (χ4v) is 2.11. The van der Waals surface area contributed by atoms with Crippen molar-refractivity contribution in [2.24, 2.45) is 0 Å². The Labute approximate surface area is 113 Å². The molecule has 0 fully saturated rings. The molecule has 1 aromatic heterocycles. The van der Waals surface area contributed by atoms with Gasteiger partial charge in [-0.05, 0) is 40.8 Å². The van der Waals surface area contributed by atoms with E-state index in [9.17, 15) is 0 Å². The molecule has 0 atom stereocenters. The van der Waals surface area contributed by atoms with E-state index in [-0.39, 0.29) is 5.88 Å². The van der Waals surface area contributed by atoms with Crippen LogP contribution in [0.15, 0.2) is 27.2 Å². The van der Waals surface area contributed by atoms with E-state index >= 15 is 0 Å². The molecule has 0 aliphatic carbocycles. The van der Waals surface area contributed by atoms with Crippen molar-refractivity contribution < 1.29 is 4.52 Å². The van der Waals surface area contributed by atoms with Crippen LogP contribution in [0.25, 0.3) is 11.5 Å². The van der Waals surface area contributed by atoms with E-state index in [1.165, 1.54) is 0 Å². The lowest BCUT2D eigenvalue weighted by Crippen LogP contribution is -1.84. The third-order valence-electron chi connectivity index (χ3n) is 1.75. The van der Waals surface area contributed by atoms with E-state index in [1.807, 2.05) is 18.2 Å². The summed E-state index contributed by atoms with van der Waals surface area (Å²) in [4.78, 5) is 4.17. The largest absolute Gasteiger partial charge is 0.334 e. The minimum absolute atomic E-state index is 0.258. The third kappa shape index (κ3) is 2.51. The molecule has 0 unspecified atom stereocenters. The van der Waals surface area contributed by atoms with Crippen molar-refractivity contribution in [3.05, 3.63) is 32.1 Å². The van der Waals surface area contributed by atoms with Crippen LogP contribution in [-0.4, -0.2) is 10.1 Å². The maximum atomic E-state index is 5.60. The number of benzene rings is 1. The summed E-state index contributed by atoms with van der Waals surface area (Å²) >= 11 is 11.2. The zero-order valence-corrected chi connectivity index (χ0v) is 11.9. The van der Waals surface area contributed by atoms with Gasteiger partial charge in [-0.1, -0.05) is 21.1 Å². The first-order valence-corrected chi connectivity index (χ1v) is 6.45. The van der Waals surface area contributed by atoms with Gasteiger partial charge < -0.3 is 4.52 Å². The number of alkyl halides is 1. The molecular formula is C9H5BrClIN2O. The number of nitrogens with zero attached hydrogens (tertiary/aromatic N) is 2. The Hall–Kier alpha value is -0.140. The second-order valence-electron chi connectivity index (χ2n) is 2.77. The van der Waals surface area contributed by atoms with Gasteiger partial charge in [-0.3, -0.25) is 0 Å². The molecule has 15 heavy (non-hydrogen) atoms. The summed E-state index contributed by atoms with van der Waals surface area (Å²) in [5.41, 5.74) is 0.911. The average Bonchev–Trinajstić information content (AvgIpc) is 2.70. The Morgan fingerprint density at radius 3 is 2.93 bits per heavy atom. The van der Waals surface area contributed by atoms with E-state index in [1.54, 1.807) is 0 Å². The maximum absolute atomic E-state index is 5.60. The van der Waals surface area contributed by atoms with Crippen LogP contribution in [0.2, 0.25) is 0 Å². The third-order valence-corrected chi connectivity index (χ3v) is 3.42. The topological polar surface area (TPSA) is 38.9 Å². The standard InChI is InChI=1S/C9H5BrClIN2O/c10-5-1-2-7(12)6(3-5)9-13-8(4-11)14-15-9/h1-3H,4H2. The second-order valence-corrected chi connectivity index (χ2v) is 5.12. The zero-order valence-electron chi connectivity index (χ0n) is 7.38. The van der Waals surface area contributed by atoms with Crippen LogP contribution in [0.3, 0.4) is 0 Å². The molecule has 0 saturated carbocycles. The van der Waals surface area contributed by atoms with Gasteiger partial charge in [-0.2, -0.15) is 4.98 Å². The summed E-state index contributed by atoms with van der Waals surface area (Å²) in [6.07, 6.45) is 0. The predicted molar refractivity (Wildman–Crippen MR) is 69.7 cm³/mol. The normalized spacial score (nSPS) is 10.6. The molecule has 0 amide bonds. The fourth-order valence-electron chi connectivity index (χ4n) is 1.08. The van der Waals surface area contributed by atoms with Gasteiger partial charge in [0.25, 0.3) is 5.89 Å². The number of halogens is 3. The SMILES string of the molecule is ClCc1noc(-c2cc(Br)ccc2I)n1. The van der Waals surface area contributed by atoms with Crippen molar-refractivity contribution in [2.75, 3.05) is 0 Å². The van der Waals surface area contributed by atoms with Gasteiger partial charge in [0.2, 0.25) is 0 Å². The van der Waals surface area contributed by atoms with Crippen molar-refractivity contribution in [1.82, 2.24) is 10.1 Å². The van der Waals surface area contributed by atoms with Gasteiger partial charge in [-0.15, -0.1) is 11.6 Å². The predicted octanol–water partition coefficient (Wildman–Crippen LogP) is 3.84. The van der Waals surface area contributed by atoms with Gasteiger partial charge in [0.1, 0.15) is 0 Å². The summed E-state index contributed by atoms with van der Waals surface area (Å²) in [5, 5.41) is 3.75. The molecule has 0 aliphatic heterocycles. The minimum Gasteiger partial charge on any atom is -0.334 e. The first kappa shape index (κ1) is 11.3. The van der Waals surface area contributed by atoms with Gasteiger partial charge in [0.05, 0.1) is 11.4 Å². The van der Waals surface area contributed by atoms with Crippen molar-refractivity contribution in [3.63, 3.8) is 0 Å². The molecule has 2 aromatic rings. The monoisotopic (exact) mass is 398 g/mol. The van der Waals surface area contributed by atoms with E-state index in [0.29, 0.717) is 11.7 Å². The molecule has 78 valence electrons. The van der Waals surface area contributed by atoms with Crippen LogP contribution in [-0.2, 0) is 5.88 Å². The number of aromatic nitrogens is 2. The second kappa shape index (κ2) is 4.80. The summed E-state index contributed by atoms with van der Waals surface area (Å²) in [6.45, 7) is 0. The molecule has 2 rings (SSSR count). The highest BCUT2D eigenvalue weighted by Crippen LogP contribution is 2.27. The highest BCUT2D eigenvalue weighted by atomic mass is 127. The molecule has 3 nitrogen and oxygen atoms in total. The molecule has 0 aliphatic rings. The van der Waals surface area contributed by atoms with Gasteiger partial charge in [0.15, 0.2) is 5.82 Å². The number of rotatable bonds is 2. The maximum Gasteiger partial charge on any atom is 0.259 e.